The van der Waals surface area contributed by atoms with Crippen LogP contribution in [0.5, 0.6) is 0 Å². The second-order valence-corrected chi connectivity index (χ2v) is 17.2. The van der Waals surface area contributed by atoms with Gasteiger partial charge >= 0.3 is 0 Å². The van der Waals surface area contributed by atoms with Gasteiger partial charge in [0.25, 0.3) is 0 Å². The van der Waals surface area contributed by atoms with Crippen molar-refractivity contribution in [3.05, 3.63) is 11.8 Å². The van der Waals surface area contributed by atoms with Crippen LogP contribution in [0.2, 0.25) is 39.3 Å². The zero-order chi connectivity index (χ0) is 17.3. The number of ketones is 1. The Balaban J connectivity index is 5.19. The van der Waals surface area contributed by atoms with Gasteiger partial charge in [-0.3, -0.25) is 4.79 Å². The van der Waals surface area contributed by atoms with Crippen LogP contribution in [0.1, 0.15) is 27.7 Å². The Morgan fingerprint density at radius 1 is 0.857 bits per heavy atom. The van der Waals surface area contributed by atoms with Crippen molar-refractivity contribution in [1.29, 1.82) is 0 Å². The summed E-state index contributed by atoms with van der Waals surface area (Å²) in [4.78, 5) is 12.4. The average Bonchev–Trinajstić information content (AvgIpc) is 2.08. The molecule has 0 amide bonds. The smallest absolute Gasteiger partial charge is 0.189 e. The summed E-state index contributed by atoms with van der Waals surface area (Å²) in [6.45, 7) is 19.3. The molecule has 0 rings (SSSR count). The van der Waals surface area contributed by atoms with E-state index in [0.29, 0.717) is 0 Å². The van der Waals surface area contributed by atoms with E-state index in [0.717, 1.165) is 0 Å². The SMILES string of the molecule is CC(C)(O[Si](C)(C)C)C(=O)/C=C(\O)C(C)(C)O[Si](C)(C)C. The molecule has 0 spiro atoms. The predicted octanol–water partition coefficient (Wildman–Crippen LogP) is 4.26. The molecule has 4 nitrogen and oxygen atoms in total. The molecule has 0 aliphatic heterocycles. The van der Waals surface area contributed by atoms with E-state index < -0.39 is 27.8 Å². The maximum Gasteiger partial charge on any atom is 0.189 e. The second kappa shape index (κ2) is 6.36. The van der Waals surface area contributed by atoms with Gasteiger partial charge in [-0.1, -0.05) is 0 Å². The van der Waals surface area contributed by atoms with Crippen molar-refractivity contribution in [3.63, 3.8) is 0 Å². The first kappa shape index (κ1) is 20.6. The summed E-state index contributed by atoms with van der Waals surface area (Å²) >= 11 is 0. The Morgan fingerprint density at radius 3 is 1.52 bits per heavy atom. The fraction of sp³-hybridized carbons (Fsp3) is 0.800. The fourth-order valence-corrected chi connectivity index (χ4v) is 5.37. The third kappa shape index (κ3) is 7.94. The zero-order valence-electron chi connectivity index (χ0n) is 15.2. The lowest BCUT2D eigenvalue weighted by Gasteiger charge is -2.34. The van der Waals surface area contributed by atoms with Crippen LogP contribution in [0.3, 0.4) is 0 Å². The summed E-state index contributed by atoms with van der Waals surface area (Å²) < 4.78 is 11.8. The Kier molecular flexibility index (Phi) is 6.23. The van der Waals surface area contributed by atoms with E-state index in [9.17, 15) is 9.90 Å². The van der Waals surface area contributed by atoms with Crippen LogP contribution in [0.4, 0.5) is 0 Å². The normalized spacial score (nSPS) is 15.2. The van der Waals surface area contributed by atoms with Gasteiger partial charge in [-0.05, 0) is 67.0 Å². The number of rotatable bonds is 7. The van der Waals surface area contributed by atoms with Gasteiger partial charge in [0.05, 0.1) is 0 Å². The van der Waals surface area contributed by atoms with Gasteiger partial charge in [-0.25, -0.2) is 0 Å². The maximum atomic E-state index is 12.4. The van der Waals surface area contributed by atoms with Crippen molar-refractivity contribution < 1.29 is 18.8 Å². The van der Waals surface area contributed by atoms with Gasteiger partial charge in [-0.2, -0.15) is 0 Å². The van der Waals surface area contributed by atoms with E-state index in [2.05, 4.69) is 0 Å². The predicted molar refractivity (Wildman–Crippen MR) is 92.7 cm³/mol. The fourth-order valence-electron chi connectivity index (χ4n) is 2.11. The number of aliphatic hydroxyl groups is 1. The third-order valence-corrected chi connectivity index (χ3v) is 4.85. The van der Waals surface area contributed by atoms with E-state index in [1.165, 1.54) is 6.08 Å². The molecule has 21 heavy (non-hydrogen) atoms. The van der Waals surface area contributed by atoms with Crippen molar-refractivity contribution >= 4 is 22.4 Å². The minimum atomic E-state index is -1.85. The lowest BCUT2D eigenvalue weighted by atomic mass is 9.99. The minimum absolute atomic E-state index is 0.0535. The number of aliphatic hydroxyl groups excluding tert-OH is 1. The van der Waals surface area contributed by atoms with E-state index in [4.69, 9.17) is 8.85 Å². The summed E-state index contributed by atoms with van der Waals surface area (Å²) in [5.74, 6) is -0.295. The lowest BCUT2D eigenvalue weighted by Crippen LogP contribution is -2.44. The summed E-state index contributed by atoms with van der Waals surface area (Å²) in [6, 6.07) is 0. The molecule has 0 aliphatic carbocycles. The topological polar surface area (TPSA) is 55.8 Å². The van der Waals surface area contributed by atoms with Crippen LogP contribution >= 0.6 is 0 Å². The first-order chi connectivity index (χ1) is 8.96. The van der Waals surface area contributed by atoms with Crippen LogP contribution in [0, 0.1) is 0 Å². The summed E-state index contributed by atoms with van der Waals surface area (Å²) in [5, 5.41) is 10.3. The highest BCUT2D eigenvalue weighted by atomic mass is 28.4. The van der Waals surface area contributed by atoms with Gasteiger partial charge < -0.3 is 14.0 Å². The highest BCUT2D eigenvalue weighted by Gasteiger charge is 2.36. The van der Waals surface area contributed by atoms with Crippen molar-refractivity contribution in [2.24, 2.45) is 0 Å². The van der Waals surface area contributed by atoms with Crippen LogP contribution in [0.25, 0.3) is 0 Å². The molecular weight excluding hydrogens is 300 g/mol. The first-order valence-corrected chi connectivity index (χ1v) is 14.1. The molecule has 124 valence electrons. The highest BCUT2D eigenvalue weighted by molar-refractivity contribution is 6.70. The molecule has 0 aromatic carbocycles. The van der Waals surface area contributed by atoms with Gasteiger partial charge in [0.1, 0.15) is 17.0 Å². The Bertz CT molecular complexity index is 412. The van der Waals surface area contributed by atoms with E-state index in [1.54, 1.807) is 27.7 Å². The Hall–Kier alpha value is -0.436. The van der Waals surface area contributed by atoms with E-state index >= 15 is 0 Å². The largest absolute Gasteiger partial charge is 0.509 e. The van der Waals surface area contributed by atoms with Gasteiger partial charge in [0, 0.05) is 6.08 Å². The Morgan fingerprint density at radius 2 is 1.19 bits per heavy atom. The quantitative estimate of drug-likeness (QED) is 0.430. The van der Waals surface area contributed by atoms with Crippen molar-refractivity contribution in [1.82, 2.24) is 0 Å². The van der Waals surface area contributed by atoms with Crippen LogP contribution < -0.4 is 0 Å². The Labute approximate surface area is 131 Å². The van der Waals surface area contributed by atoms with Gasteiger partial charge in [0.15, 0.2) is 22.4 Å². The second-order valence-electron chi connectivity index (χ2n) is 8.34. The number of carbonyl (C=O) groups excluding carboxylic acids is 1. The molecule has 0 bridgehead atoms. The molecule has 0 aromatic rings. The molecule has 0 atom stereocenters. The van der Waals surface area contributed by atoms with Gasteiger partial charge in [0.2, 0.25) is 0 Å². The molecule has 6 heteroatoms. The zero-order valence-corrected chi connectivity index (χ0v) is 17.2. The molecule has 0 saturated heterocycles. The molecule has 0 aliphatic rings. The van der Waals surface area contributed by atoms with Crippen molar-refractivity contribution in [3.8, 4) is 0 Å². The number of hydrogen-bond donors (Lipinski definition) is 1. The summed E-state index contributed by atoms with van der Waals surface area (Å²) in [6.07, 6.45) is 1.25. The highest BCUT2D eigenvalue weighted by Crippen LogP contribution is 2.26. The third-order valence-electron chi connectivity index (χ3n) is 2.60. The van der Waals surface area contributed by atoms with Crippen molar-refractivity contribution in [2.75, 3.05) is 0 Å². The standard InChI is InChI=1S/C15H32O4Si2/c1-14(2,18-20(5,6)7)12(16)11-13(17)15(3,4)19-21(8,9)10/h11,16H,1-10H3/b12-11-. The molecule has 0 radical (unpaired) electrons. The summed E-state index contributed by atoms with van der Waals surface area (Å²) in [7, 11) is -3.67. The molecule has 0 saturated carbocycles. The van der Waals surface area contributed by atoms with Crippen LogP contribution in [0.15, 0.2) is 11.8 Å². The van der Waals surface area contributed by atoms with Crippen LogP contribution in [-0.4, -0.2) is 38.7 Å². The monoisotopic (exact) mass is 332 g/mol. The summed E-state index contributed by atoms with van der Waals surface area (Å²) in [5.41, 5.74) is -1.80. The van der Waals surface area contributed by atoms with Crippen LogP contribution in [-0.2, 0) is 13.6 Å². The maximum absolute atomic E-state index is 12.4. The molecule has 0 aromatic heterocycles. The molecular formula is C15H32O4Si2. The number of carbonyl (C=O) groups is 1. The number of hydrogen-bond acceptors (Lipinski definition) is 4. The lowest BCUT2D eigenvalue weighted by molar-refractivity contribution is -0.127. The molecule has 0 heterocycles. The van der Waals surface area contributed by atoms with E-state index in [1.807, 2.05) is 39.3 Å². The van der Waals surface area contributed by atoms with E-state index in [-0.39, 0.29) is 11.5 Å². The van der Waals surface area contributed by atoms with Gasteiger partial charge in [-0.15, -0.1) is 0 Å². The average molecular weight is 333 g/mol. The molecule has 0 unspecified atom stereocenters. The molecule has 0 fully saturated rings. The first-order valence-electron chi connectivity index (χ1n) is 7.32. The van der Waals surface area contributed by atoms with Crippen molar-refractivity contribution in [2.45, 2.75) is 78.2 Å². The molecule has 1 N–H and O–H groups in total. The minimum Gasteiger partial charge on any atom is -0.509 e.